The average Bonchev–Trinajstić information content (AvgIpc) is 2.76. The molecule has 4 nitrogen and oxygen atoms in total. The molecule has 16 heavy (non-hydrogen) atoms. The first-order valence-corrected chi connectivity index (χ1v) is 6.32. The van der Waals surface area contributed by atoms with E-state index in [9.17, 15) is 4.79 Å². The average molecular weight is 227 g/mol. The van der Waals surface area contributed by atoms with Crippen molar-refractivity contribution in [1.82, 2.24) is 15.1 Å². The monoisotopic (exact) mass is 227 g/mol. The second kappa shape index (κ2) is 6.86. The summed E-state index contributed by atoms with van der Waals surface area (Å²) in [4.78, 5) is 16.3. The molecule has 1 saturated heterocycles. The molecule has 1 fully saturated rings. The van der Waals surface area contributed by atoms with Crippen molar-refractivity contribution >= 4 is 5.91 Å². The number of hydrogen-bond donors (Lipinski definition) is 1. The number of carbonyl (C=O) groups is 1. The lowest BCUT2D eigenvalue weighted by Gasteiger charge is -2.26. The zero-order valence-corrected chi connectivity index (χ0v) is 10.8. The summed E-state index contributed by atoms with van der Waals surface area (Å²) in [6, 6.07) is 0.0775. The first-order chi connectivity index (χ1) is 7.65. The Balaban J connectivity index is 2.43. The molecule has 0 radical (unpaired) electrons. The molecule has 94 valence electrons. The van der Waals surface area contributed by atoms with E-state index in [1.807, 2.05) is 19.0 Å². The molecule has 4 heteroatoms. The van der Waals surface area contributed by atoms with Crippen molar-refractivity contribution in [2.45, 2.75) is 32.2 Å². The molecule has 0 aromatic carbocycles. The largest absolute Gasteiger partial charge is 0.340 e. The number of likely N-dealkylation sites (N-methyl/N-ethyl adjacent to an activating group) is 1. The Labute approximate surface area is 99.0 Å². The van der Waals surface area contributed by atoms with Crippen LogP contribution in [0, 0.1) is 0 Å². The van der Waals surface area contributed by atoms with Crippen LogP contribution in [0.2, 0.25) is 0 Å². The van der Waals surface area contributed by atoms with Gasteiger partial charge in [-0.25, -0.2) is 0 Å². The van der Waals surface area contributed by atoms with Gasteiger partial charge in [0, 0.05) is 19.6 Å². The van der Waals surface area contributed by atoms with Gasteiger partial charge in [-0.15, -0.1) is 0 Å². The lowest BCUT2D eigenvalue weighted by atomic mass is 10.2. The van der Waals surface area contributed by atoms with Crippen molar-refractivity contribution in [2.75, 3.05) is 40.3 Å². The number of nitrogens with one attached hydrogen (secondary N) is 1. The first-order valence-electron chi connectivity index (χ1n) is 6.32. The molecule has 0 bridgehead atoms. The van der Waals surface area contributed by atoms with Crippen LogP contribution in [0.3, 0.4) is 0 Å². The van der Waals surface area contributed by atoms with Crippen LogP contribution in [0.5, 0.6) is 0 Å². The van der Waals surface area contributed by atoms with Crippen molar-refractivity contribution in [3.05, 3.63) is 0 Å². The highest BCUT2D eigenvalue weighted by Crippen LogP contribution is 2.09. The summed E-state index contributed by atoms with van der Waals surface area (Å²) < 4.78 is 0. The Bertz CT molecular complexity index is 212. The van der Waals surface area contributed by atoms with E-state index >= 15 is 0 Å². The third kappa shape index (κ3) is 4.10. The molecule has 0 saturated carbocycles. The van der Waals surface area contributed by atoms with Crippen LogP contribution in [0.15, 0.2) is 0 Å². The smallest absolute Gasteiger partial charge is 0.239 e. The predicted molar refractivity (Wildman–Crippen MR) is 66.4 cm³/mol. The fourth-order valence-electron chi connectivity index (χ4n) is 2.04. The summed E-state index contributed by atoms with van der Waals surface area (Å²) in [5.41, 5.74) is 0. The molecule has 1 heterocycles. The van der Waals surface area contributed by atoms with Crippen LogP contribution in [-0.2, 0) is 4.79 Å². The minimum atomic E-state index is 0.0775. The van der Waals surface area contributed by atoms with E-state index in [1.165, 1.54) is 0 Å². The van der Waals surface area contributed by atoms with Crippen LogP contribution in [-0.4, -0.2) is 62.0 Å². The fraction of sp³-hybridized carbons (Fsp3) is 0.917. The highest BCUT2D eigenvalue weighted by atomic mass is 16.2. The number of amides is 1. The van der Waals surface area contributed by atoms with Gasteiger partial charge in [-0.3, -0.25) is 4.79 Å². The van der Waals surface area contributed by atoms with Crippen molar-refractivity contribution in [3.8, 4) is 0 Å². The van der Waals surface area contributed by atoms with Crippen molar-refractivity contribution in [1.29, 1.82) is 0 Å². The van der Waals surface area contributed by atoms with Crippen molar-refractivity contribution in [3.63, 3.8) is 0 Å². The molecular formula is C12H25N3O. The highest BCUT2D eigenvalue weighted by molar-refractivity contribution is 5.82. The number of carbonyl (C=O) groups excluding carboxylic acids is 1. The summed E-state index contributed by atoms with van der Waals surface area (Å²) >= 11 is 0. The third-order valence-corrected chi connectivity index (χ3v) is 2.98. The van der Waals surface area contributed by atoms with Crippen molar-refractivity contribution in [2.24, 2.45) is 0 Å². The van der Waals surface area contributed by atoms with Gasteiger partial charge >= 0.3 is 0 Å². The Kier molecular flexibility index (Phi) is 5.77. The highest BCUT2D eigenvalue weighted by Gasteiger charge is 2.26. The Morgan fingerprint density at radius 2 is 2.06 bits per heavy atom. The fourth-order valence-corrected chi connectivity index (χ4v) is 2.04. The zero-order chi connectivity index (χ0) is 12.0. The van der Waals surface area contributed by atoms with Crippen LogP contribution >= 0.6 is 0 Å². The predicted octanol–water partition coefficient (Wildman–Crippen LogP) is 0.539. The maximum Gasteiger partial charge on any atom is 0.239 e. The second-order valence-electron chi connectivity index (χ2n) is 4.78. The molecule has 1 aliphatic heterocycles. The lowest BCUT2D eigenvalue weighted by molar-refractivity contribution is -0.133. The molecule has 0 aromatic rings. The van der Waals surface area contributed by atoms with Crippen LogP contribution in [0.4, 0.5) is 0 Å². The van der Waals surface area contributed by atoms with Gasteiger partial charge in [0.1, 0.15) is 0 Å². The molecule has 1 N–H and O–H groups in total. The van der Waals surface area contributed by atoms with Gasteiger partial charge in [-0.05, 0) is 39.9 Å². The number of nitrogens with zero attached hydrogens (tertiary/aromatic N) is 2. The Morgan fingerprint density at radius 3 is 2.56 bits per heavy atom. The maximum absolute atomic E-state index is 12.2. The molecule has 0 spiro atoms. The van der Waals surface area contributed by atoms with E-state index < -0.39 is 0 Å². The summed E-state index contributed by atoms with van der Waals surface area (Å²) in [6.45, 7) is 5.78. The minimum Gasteiger partial charge on any atom is -0.340 e. The topological polar surface area (TPSA) is 35.6 Å². The Morgan fingerprint density at radius 1 is 1.31 bits per heavy atom. The van der Waals surface area contributed by atoms with E-state index in [4.69, 9.17) is 0 Å². The molecule has 1 atom stereocenters. The van der Waals surface area contributed by atoms with Gasteiger partial charge in [-0.2, -0.15) is 0 Å². The van der Waals surface area contributed by atoms with Gasteiger partial charge in [0.2, 0.25) is 5.91 Å². The standard InChI is InChI=1S/C12H25N3O/c1-4-8-15(10-9-14(2)3)12(16)11-6-5-7-13-11/h11,13H,4-10H2,1-3H3. The molecular weight excluding hydrogens is 202 g/mol. The number of hydrogen-bond acceptors (Lipinski definition) is 3. The van der Waals surface area contributed by atoms with Gasteiger partial charge in [0.25, 0.3) is 0 Å². The van der Waals surface area contributed by atoms with Crippen LogP contribution < -0.4 is 5.32 Å². The summed E-state index contributed by atoms with van der Waals surface area (Å²) in [7, 11) is 4.09. The zero-order valence-electron chi connectivity index (χ0n) is 10.8. The number of rotatable bonds is 6. The molecule has 1 rings (SSSR count). The van der Waals surface area contributed by atoms with E-state index in [0.29, 0.717) is 5.91 Å². The van der Waals surface area contributed by atoms with Crippen LogP contribution in [0.1, 0.15) is 26.2 Å². The van der Waals surface area contributed by atoms with Gasteiger partial charge in [0.15, 0.2) is 0 Å². The van der Waals surface area contributed by atoms with Crippen LogP contribution in [0.25, 0.3) is 0 Å². The van der Waals surface area contributed by atoms with E-state index in [2.05, 4.69) is 17.1 Å². The quantitative estimate of drug-likeness (QED) is 0.719. The third-order valence-electron chi connectivity index (χ3n) is 2.98. The summed E-state index contributed by atoms with van der Waals surface area (Å²) in [5.74, 6) is 0.293. The van der Waals surface area contributed by atoms with E-state index in [1.54, 1.807) is 0 Å². The van der Waals surface area contributed by atoms with Crippen molar-refractivity contribution < 1.29 is 4.79 Å². The van der Waals surface area contributed by atoms with E-state index in [0.717, 1.165) is 45.4 Å². The van der Waals surface area contributed by atoms with Gasteiger partial charge in [0.05, 0.1) is 6.04 Å². The molecule has 0 aromatic heterocycles. The van der Waals surface area contributed by atoms with Gasteiger partial charge in [-0.1, -0.05) is 6.92 Å². The normalized spacial score (nSPS) is 20.4. The molecule has 1 amide bonds. The van der Waals surface area contributed by atoms with Gasteiger partial charge < -0.3 is 15.1 Å². The minimum absolute atomic E-state index is 0.0775. The molecule has 1 aliphatic rings. The SMILES string of the molecule is CCCN(CCN(C)C)C(=O)C1CCCN1. The summed E-state index contributed by atoms with van der Waals surface area (Å²) in [6.07, 6.45) is 3.16. The second-order valence-corrected chi connectivity index (χ2v) is 4.78. The summed E-state index contributed by atoms with van der Waals surface area (Å²) in [5, 5.41) is 3.28. The van der Waals surface area contributed by atoms with E-state index in [-0.39, 0.29) is 6.04 Å². The Hall–Kier alpha value is -0.610. The first kappa shape index (κ1) is 13.5. The molecule has 1 unspecified atom stereocenters. The maximum atomic E-state index is 12.2. The lowest BCUT2D eigenvalue weighted by Crippen LogP contribution is -2.46. The molecule has 0 aliphatic carbocycles.